The van der Waals surface area contributed by atoms with E-state index in [1.54, 1.807) is 0 Å². The van der Waals surface area contributed by atoms with E-state index in [0.717, 1.165) is 41.8 Å². The van der Waals surface area contributed by atoms with Gasteiger partial charge in [-0.1, -0.05) is 33.8 Å². The van der Waals surface area contributed by atoms with E-state index in [2.05, 4.69) is 16.9 Å². The molecule has 2 heterocycles. The third-order valence-electron chi connectivity index (χ3n) is 5.06. The molecule has 0 spiro atoms. The van der Waals surface area contributed by atoms with Gasteiger partial charge in [-0.05, 0) is 24.1 Å². The average Bonchev–Trinajstić information content (AvgIpc) is 2.87. The van der Waals surface area contributed by atoms with Crippen molar-refractivity contribution in [2.75, 3.05) is 26.2 Å². The topological polar surface area (TPSA) is 69.3 Å². The lowest BCUT2D eigenvalue weighted by molar-refractivity contribution is -0.139. The molecule has 2 aromatic rings. The molecule has 6 heteroatoms. The molecule has 146 valence electrons. The summed E-state index contributed by atoms with van der Waals surface area (Å²) in [4.78, 5) is 36.9. The Hall–Kier alpha value is -2.37. The Labute approximate surface area is 160 Å². The van der Waals surface area contributed by atoms with Gasteiger partial charge in [0, 0.05) is 38.0 Å². The first-order valence-electron chi connectivity index (χ1n) is 9.82. The predicted molar refractivity (Wildman–Crippen MR) is 106 cm³/mol. The SMILES string of the molecule is CCc1nc2ccc(CC(=O)N3CCCN(C(=O)C(C)(C)C)CC3)cc2[nH]1. The Morgan fingerprint density at radius 1 is 1.11 bits per heavy atom. The molecule has 1 fully saturated rings. The number of benzene rings is 1. The minimum Gasteiger partial charge on any atom is -0.342 e. The summed E-state index contributed by atoms with van der Waals surface area (Å²) < 4.78 is 0. The molecule has 0 saturated carbocycles. The van der Waals surface area contributed by atoms with E-state index in [0.29, 0.717) is 26.1 Å². The molecule has 1 aromatic heterocycles. The lowest BCUT2D eigenvalue weighted by Gasteiger charge is -2.28. The van der Waals surface area contributed by atoms with Crippen LogP contribution in [0.25, 0.3) is 11.0 Å². The maximum absolute atomic E-state index is 12.8. The van der Waals surface area contributed by atoms with Crippen molar-refractivity contribution in [3.05, 3.63) is 29.6 Å². The second-order valence-electron chi connectivity index (χ2n) is 8.34. The fraction of sp³-hybridized carbons (Fsp3) is 0.571. The minimum atomic E-state index is -0.379. The molecule has 1 aliphatic rings. The van der Waals surface area contributed by atoms with Gasteiger partial charge in [-0.25, -0.2) is 4.98 Å². The van der Waals surface area contributed by atoms with Crippen LogP contribution < -0.4 is 0 Å². The van der Waals surface area contributed by atoms with Crippen LogP contribution in [0.2, 0.25) is 0 Å². The van der Waals surface area contributed by atoms with E-state index in [1.807, 2.05) is 48.8 Å². The van der Waals surface area contributed by atoms with Gasteiger partial charge in [0.15, 0.2) is 0 Å². The van der Waals surface area contributed by atoms with Crippen molar-refractivity contribution in [2.45, 2.75) is 47.0 Å². The quantitative estimate of drug-likeness (QED) is 0.903. The highest BCUT2D eigenvalue weighted by atomic mass is 16.2. The number of aryl methyl sites for hydroxylation is 1. The lowest BCUT2D eigenvalue weighted by atomic mass is 9.94. The first-order chi connectivity index (χ1) is 12.8. The zero-order valence-corrected chi connectivity index (χ0v) is 16.8. The Kier molecular flexibility index (Phi) is 5.53. The van der Waals surface area contributed by atoms with Crippen molar-refractivity contribution >= 4 is 22.8 Å². The summed E-state index contributed by atoms with van der Waals surface area (Å²) in [5.74, 6) is 1.24. The number of carbonyl (C=O) groups is 2. The number of nitrogens with zero attached hydrogens (tertiary/aromatic N) is 3. The van der Waals surface area contributed by atoms with Gasteiger partial charge in [0.2, 0.25) is 11.8 Å². The molecule has 0 bridgehead atoms. The highest BCUT2D eigenvalue weighted by molar-refractivity contribution is 5.83. The molecule has 27 heavy (non-hydrogen) atoms. The van der Waals surface area contributed by atoms with Crippen LogP contribution in [0.4, 0.5) is 0 Å². The van der Waals surface area contributed by atoms with Crippen molar-refractivity contribution in [3.8, 4) is 0 Å². The summed E-state index contributed by atoms with van der Waals surface area (Å²) in [5, 5.41) is 0. The van der Waals surface area contributed by atoms with Crippen LogP contribution in [0, 0.1) is 5.41 Å². The molecule has 3 rings (SSSR count). The number of fused-ring (bicyclic) bond motifs is 1. The van der Waals surface area contributed by atoms with E-state index in [1.165, 1.54) is 0 Å². The molecule has 6 nitrogen and oxygen atoms in total. The largest absolute Gasteiger partial charge is 0.342 e. The van der Waals surface area contributed by atoms with Crippen molar-refractivity contribution < 1.29 is 9.59 Å². The number of hydrogen-bond acceptors (Lipinski definition) is 3. The van der Waals surface area contributed by atoms with Crippen LogP contribution in [0.1, 0.15) is 45.5 Å². The molecule has 0 unspecified atom stereocenters. The number of rotatable bonds is 3. The summed E-state index contributed by atoms with van der Waals surface area (Å²) in [5.41, 5.74) is 2.53. The maximum Gasteiger partial charge on any atom is 0.228 e. The average molecular weight is 370 g/mol. The second-order valence-corrected chi connectivity index (χ2v) is 8.34. The summed E-state index contributed by atoms with van der Waals surface area (Å²) in [7, 11) is 0. The molecular weight excluding hydrogens is 340 g/mol. The van der Waals surface area contributed by atoms with E-state index >= 15 is 0 Å². The van der Waals surface area contributed by atoms with Crippen LogP contribution in [-0.2, 0) is 22.4 Å². The first kappa shape index (κ1) is 19.4. The van der Waals surface area contributed by atoms with Gasteiger partial charge in [-0.15, -0.1) is 0 Å². The number of amides is 2. The Morgan fingerprint density at radius 3 is 2.52 bits per heavy atom. The van der Waals surface area contributed by atoms with Crippen molar-refractivity contribution in [1.82, 2.24) is 19.8 Å². The van der Waals surface area contributed by atoms with Crippen molar-refractivity contribution in [1.29, 1.82) is 0 Å². The van der Waals surface area contributed by atoms with E-state index in [4.69, 9.17) is 0 Å². The van der Waals surface area contributed by atoms with Crippen molar-refractivity contribution in [3.63, 3.8) is 0 Å². The summed E-state index contributed by atoms with van der Waals surface area (Å²) in [6, 6.07) is 5.97. The minimum absolute atomic E-state index is 0.120. The molecule has 0 radical (unpaired) electrons. The Bertz CT molecular complexity index is 834. The number of imidazole rings is 1. The predicted octanol–water partition coefficient (Wildman–Crippen LogP) is 2.77. The highest BCUT2D eigenvalue weighted by Gasteiger charge is 2.29. The second kappa shape index (κ2) is 7.71. The van der Waals surface area contributed by atoms with Crippen LogP contribution in [0.5, 0.6) is 0 Å². The number of aromatic amines is 1. The number of carbonyl (C=O) groups excluding carboxylic acids is 2. The van der Waals surface area contributed by atoms with Gasteiger partial charge in [-0.3, -0.25) is 9.59 Å². The van der Waals surface area contributed by atoms with Gasteiger partial charge in [-0.2, -0.15) is 0 Å². The molecule has 1 aliphatic heterocycles. The summed E-state index contributed by atoms with van der Waals surface area (Å²) >= 11 is 0. The molecule has 2 amide bonds. The van der Waals surface area contributed by atoms with E-state index in [9.17, 15) is 9.59 Å². The van der Waals surface area contributed by atoms with E-state index < -0.39 is 0 Å². The van der Waals surface area contributed by atoms with Crippen LogP contribution >= 0.6 is 0 Å². The number of aromatic nitrogens is 2. The number of nitrogens with one attached hydrogen (secondary N) is 1. The lowest BCUT2D eigenvalue weighted by Crippen LogP contribution is -2.42. The summed E-state index contributed by atoms with van der Waals surface area (Å²) in [6.45, 7) is 10.5. The third-order valence-corrected chi connectivity index (χ3v) is 5.06. The normalized spacial score (nSPS) is 15.9. The van der Waals surface area contributed by atoms with E-state index in [-0.39, 0.29) is 17.2 Å². The van der Waals surface area contributed by atoms with Crippen molar-refractivity contribution in [2.24, 2.45) is 5.41 Å². The van der Waals surface area contributed by atoms with Gasteiger partial charge in [0.1, 0.15) is 5.82 Å². The van der Waals surface area contributed by atoms with Gasteiger partial charge >= 0.3 is 0 Å². The van der Waals surface area contributed by atoms with Gasteiger partial charge in [0.25, 0.3) is 0 Å². The number of hydrogen-bond donors (Lipinski definition) is 1. The molecule has 1 saturated heterocycles. The standard InChI is InChI=1S/C21H30N4O2/c1-5-18-22-16-8-7-15(13-17(16)23-18)14-19(26)24-9-6-10-25(12-11-24)20(27)21(2,3)4/h7-8,13H,5-6,9-12,14H2,1-4H3,(H,22,23). The fourth-order valence-corrected chi connectivity index (χ4v) is 3.52. The highest BCUT2D eigenvalue weighted by Crippen LogP contribution is 2.19. The van der Waals surface area contributed by atoms with Crippen LogP contribution in [-0.4, -0.2) is 57.8 Å². The molecule has 1 N–H and O–H groups in total. The first-order valence-corrected chi connectivity index (χ1v) is 9.82. The van der Waals surface area contributed by atoms with Crippen LogP contribution in [0.3, 0.4) is 0 Å². The molecular formula is C21H30N4O2. The number of H-pyrrole nitrogens is 1. The Morgan fingerprint density at radius 2 is 1.81 bits per heavy atom. The fourth-order valence-electron chi connectivity index (χ4n) is 3.52. The maximum atomic E-state index is 12.8. The zero-order chi connectivity index (χ0) is 19.6. The molecule has 0 atom stereocenters. The Balaban J connectivity index is 1.63. The third kappa shape index (κ3) is 4.49. The van der Waals surface area contributed by atoms with Crippen LogP contribution in [0.15, 0.2) is 18.2 Å². The monoisotopic (exact) mass is 370 g/mol. The molecule has 1 aromatic carbocycles. The van der Waals surface area contributed by atoms with Gasteiger partial charge in [0.05, 0.1) is 17.5 Å². The smallest absolute Gasteiger partial charge is 0.228 e. The molecule has 0 aliphatic carbocycles. The summed E-state index contributed by atoms with van der Waals surface area (Å²) in [6.07, 6.45) is 2.07. The van der Waals surface area contributed by atoms with Gasteiger partial charge < -0.3 is 14.8 Å². The zero-order valence-electron chi connectivity index (χ0n) is 16.8.